The maximum Gasteiger partial charge on any atom is 0.543 e. The summed E-state index contributed by atoms with van der Waals surface area (Å²) >= 11 is 8.80. The molecule has 1 aromatic rings. The minimum Gasteiger partial charge on any atom is -0.262 e. The fourth-order valence-electron chi connectivity index (χ4n) is 0.623. The number of carbonyl (C=O) groups is 1. The van der Waals surface area contributed by atoms with Crippen LogP contribution in [0.2, 0.25) is 0 Å². The molecular formula is C8H6Cl2F3NO2. The Bertz CT molecular complexity index is 315. The van der Waals surface area contributed by atoms with Gasteiger partial charge in [0.1, 0.15) is 0 Å². The standard InChI is InChI=1S/C7H6F3NO.CCl2O/c8-7(9,10)12-11-6-4-2-1-3-5-6;2-1(3)4/h1-5,11H;. The highest BCUT2D eigenvalue weighted by molar-refractivity contribution is 6.93. The van der Waals surface area contributed by atoms with Gasteiger partial charge in [-0.15, -0.1) is 13.2 Å². The van der Waals surface area contributed by atoms with Gasteiger partial charge in [-0.3, -0.25) is 10.3 Å². The maximum atomic E-state index is 11.5. The van der Waals surface area contributed by atoms with E-state index in [-0.39, 0.29) is 5.69 Å². The van der Waals surface area contributed by atoms with Crippen LogP contribution in [0.1, 0.15) is 0 Å². The van der Waals surface area contributed by atoms with Crippen LogP contribution >= 0.6 is 23.2 Å². The van der Waals surface area contributed by atoms with E-state index in [1.807, 2.05) is 0 Å². The van der Waals surface area contributed by atoms with Gasteiger partial charge in [0.05, 0.1) is 5.69 Å². The van der Waals surface area contributed by atoms with Gasteiger partial charge in [0.25, 0.3) is 0 Å². The number of carbonyl (C=O) groups excluding carboxylic acids is 1. The summed E-state index contributed by atoms with van der Waals surface area (Å²) in [5.41, 5.74) is 2.02. The van der Waals surface area contributed by atoms with E-state index in [4.69, 9.17) is 4.79 Å². The highest BCUT2D eigenvalue weighted by Gasteiger charge is 2.29. The molecule has 8 heteroatoms. The van der Waals surface area contributed by atoms with Crippen molar-refractivity contribution in [2.75, 3.05) is 5.48 Å². The summed E-state index contributed by atoms with van der Waals surface area (Å²) in [4.78, 5) is 12.3. The molecule has 0 radical (unpaired) electrons. The molecule has 0 heterocycles. The Hall–Kier alpha value is -0.980. The third kappa shape index (κ3) is 11.1. The second-order valence-electron chi connectivity index (χ2n) is 2.24. The summed E-state index contributed by atoms with van der Waals surface area (Å²) in [5, 5.41) is 0. The first kappa shape index (κ1) is 15.0. The summed E-state index contributed by atoms with van der Waals surface area (Å²) in [7, 11) is 0. The first-order valence-electron chi connectivity index (χ1n) is 3.72. The van der Waals surface area contributed by atoms with Crippen LogP contribution in [-0.4, -0.2) is 11.1 Å². The molecule has 0 aromatic heterocycles. The Kier molecular flexibility index (Phi) is 6.87. The number of alkyl halides is 3. The topological polar surface area (TPSA) is 38.3 Å². The van der Waals surface area contributed by atoms with E-state index in [9.17, 15) is 13.2 Å². The Morgan fingerprint density at radius 3 is 2.00 bits per heavy atom. The zero-order valence-corrected chi connectivity index (χ0v) is 9.10. The number of benzene rings is 1. The van der Waals surface area contributed by atoms with E-state index in [0.717, 1.165) is 0 Å². The Balaban J connectivity index is 0.000000487. The Labute approximate surface area is 99.0 Å². The molecule has 0 unspecified atom stereocenters. The molecule has 0 saturated heterocycles. The van der Waals surface area contributed by atoms with E-state index in [0.29, 0.717) is 0 Å². The summed E-state index contributed by atoms with van der Waals surface area (Å²) in [6, 6.07) is 7.82. The van der Waals surface area contributed by atoms with Gasteiger partial charge < -0.3 is 0 Å². The van der Waals surface area contributed by atoms with Crippen molar-refractivity contribution in [3.8, 4) is 0 Å². The summed E-state index contributed by atoms with van der Waals surface area (Å²) in [6.45, 7) is 0. The quantitative estimate of drug-likeness (QED) is 0.651. The third-order valence-corrected chi connectivity index (χ3v) is 1.06. The van der Waals surface area contributed by atoms with Crippen LogP contribution < -0.4 is 5.48 Å². The van der Waals surface area contributed by atoms with Crippen molar-refractivity contribution in [3.63, 3.8) is 0 Å². The van der Waals surface area contributed by atoms with Crippen molar-refractivity contribution < 1.29 is 22.8 Å². The van der Waals surface area contributed by atoms with E-state index >= 15 is 0 Å². The van der Waals surface area contributed by atoms with Crippen molar-refractivity contribution in [2.24, 2.45) is 0 Å². The molecule has 1 rings (SSSR count). The zero-order valence-electron chi connectivity index (χ0n) is 7.59. The predicted octanol–water partition coefficient (Wildman–Crippen LogP) is 4.13. The van der Waals surface area contributed by atoms with Crippen molar-refractivity contribution in [3.05, 3.63) is 30.3 Å². The van der Waals surface area contributed by atoms with E-state index < -0.39 is 11.1 Å². The van der Waals surface area contributed by atoms with Gasteiger partial charge in [0, 0.05) is 0 Å². The summed E-state index contributed by atoms with van der Waals surface area (Å²) in [6.07, 6.45) is -4.66. The summed E-state index contributed by atoms with van der Waals surface area (Å²) < 4.78 is 33.5. The van der Waals surface area contributed by atoms with Gasteiger partial charge in [-0.25, -0.2) is 0 Å². The van der Waals surface area contributed by atoms with Crippen molar-refractivity contribution in [1.29, 1.82) is 0 Å². The smallest absolute Gasteiger partial charge is 0.262 e. The first-order chi connectivity index (χ1) is 7.31. The lowest BCUT2D eigenvalue weighted by Crippen LogP contribution is -2.17. The molecule has 0 aliphatic rings. The molecule has 16 heavy (non-hydrogen) atoms. The largest absolute Gasteiger partial charge is 0.543 e. The van der Waals surface area contributed by atoms with E-state index in [1.165, 1.54) is 12.1 Å². The third-order valence-electron chi connectivity index (χ3n) is 1.06. The Morgan fingerprint density at radius 1 is 1.19 bits per heavy atom. The van der Waals surface area contributed by atoms with Gasteiger partial charge in [-0.05, 0) is 35.3 Å². The average Bonchev–Trinajstić information content (AvgIpc) is 2.14. The molecule has 0 aliphatic carbocycles. The van der Waals surface area contributed by atoms with E-state index in [1.54, 1.807) is 23.7 Å². The fourth-order valence-corrected chi connectivity index (χ4v) is 0.623. The lowest BCUT2D eigenvalue weighted by molar-refractivity contribution is -0.311. The zero-order chi connectivity index (χ0) is 12.6. The second kappa shape index (κ2) is 7.32. The highest BCUT2D eigenvalue weighted by atomic mass is 35.5. The molecule has 1 aromatic carbocycles. The number of nitrogens with one attached hydrogen (secondary N) is 1. The number of para-hydroxylation sites is 1. The van der Waals surface area contributed by atoms with E-state index in [2.05, 4.69) is 28.0 Å². The molecule has 90 valence electrons. The molecule has 0 aliphatic heterocycles. The second-order valence-corrected chi connectivity index (χ2v) is 3.12. The lowest BCUT2D eigenvalue weighted by Gasteiger charge is -2.08. The average molecular weight is 276 g/mol. The minimum atomic E-state index is -4.66. The molecule has 3 nitrogen and oxygen atoms in total. The van der Waals surface area contributed by atoms with Crippen LogP contribution in [0.5, 0.6) is 0 Å². The first-order valence-corrected chi connectivity index (χ1v) is 4.47. The SMILES string of the molecule is FC(F)(F)ONc1ccccc1.O=C(Cl)Cl. The Morgan fingerprint density at radius 2 is 1.62 bits per heavy atom. The molecule has 0 spiro atoms. The number of anilines is 1. The molecule has 0 amide bonds. The molecule has 0 atom stereocenters. The molecule has 0 fully saturated rings. The fraction of sp³-hybridized carbons (Fsp3) is 0.125. The van der Waals surface area contributed by atoms with Crippen LogP contribution in [0.25, 0.3) is 0 Å². The van der Waals surface area contributed by atoms with Crippen molar-refractivity contribution in [1.82, 2.24) is 0 Å². The van der Waals surface area contributed by atoms with Crippen molar-refractivity contribution >= 4 is 33.6 Å². The van der Waals surface area contributed by atoms with Crippen LogP contribution in [0, 0.1) is 0 Å². The van der Waals surface area contributed by atoms with Gasteiger partial charge in [0.2, 0.25) is 0 Å². The van der Waals surface area contributed by atoms with Gasteiger partial charge in [-0.2, -0.15) is 4.84 Å². The maximum absolute atomic E-state index is 11.5. The number of hydrogen-bond donors (Lipinski definition) is 1. The van der Waals surface area contributed by atoms with Gasteiger partial charge in [-0.1, -0.05) is 18.2 Å². The summed E-state index contributed by atoms with van der Waals surface area (Å²) in [5.74, 6) is 0. The molecule has 1 N–H and O–H groups in total. The van der Waals surface area contributed by atoms with Gasteiger partial charge in [0.15, 0.2) is 0 Å². The van der Waals surface area contributed by atoms with Crippen LogP contribution in [0.3, 0.4) is 0 Å². The van der Waals surface area contributed by atoms with Crippen molar-refractivity contribution in [2.45, 2.75) is 6.36 Å². The molecular weight excluding hydrogens is 270 g/mol. The van der Waals surface area contributed by atoms with Crippen LogP contribution in [0.4, 0.5) is 23.7 Å². The number of halogens is 5. The molecule has 0 bridgehead atoms. The van der Waals surface area contributed by atoms with Crippen LogP contribution in [0.15, 0.2) is 30.3 Å². The normalized spacial score (nSPS) is 10.1. The highest BCUT2D eigenvalue weighted by Crippen LogP contribution is 2.17. The predicted molar refractivity (Wildman–Crippen MR) is 54.3 cm³/mol. The number of rotatable bonds is 2. The van der Waals surface area contributed by atoms with Crippen LogP contribution in [-0.2, 0) is 4.84 Å². The monoisotopic (exact) mass is 275 g/mol. The lowest BCUT2D eigenvalue weighted by atomic mass is 10.3. The number of hydrogen-bond acceptors (Lipinski definition) is 3. The van der Waals surface area contributed by atoms with Gasteiger partial charge >= 0.3 is 11.1 Å². The molecule has 0 saturated carbocycles. The minimum absolute atomic E-state index is 0.259.